The van der Waals surface area contributed by atoms with Crippen molar-refractivity contribution in [1.29, 1.82) is 0 Å². The zero-order chi connectivity index (χ0) is 19.3. The molecule has 0 bridgehead atoms. The third kappa shape index (κ3) is 6.16. The van der Waals surface area contributed by atoms with Gasteiger partial charge in [-0.15, -0.1) is 35.3 Å². The molecule has 0 amide bonds. The minimum Gasteiger partial charge on any atom is -0.443 e. The van der Waals surface area contributed by atoms with Gasteiger partial charge < -0.3 is 15.1 Å². The molecule has 2 N–H and O–H groups in total. The molecule has 0 spiro atoms. The molecule has 152 valence electrons. The number of para-hydroxylation sites is 1. The Kier molecular flexibility index (Phi) is 8.23. The molecule has 0 unspecified atom stereocenters. The predicted molar refractivity (Wildman–Crippen MR) is 127 cm³/mol. The number of fused-ring (bicyclic) bond motifs is 1. The fourth-order valence-electron chi connectivity index (χ4n) is 2.59. The smallest absolute Gasteiger partial charge is 0.213 e. The Morgan fingerprint density at radius 1 is 1.21 bits per heavy atom. The van der Waals surface area contributed by atoms with Crippen LogP contribution in [0.3, 0.4) is 0 Å². The number of aromatic nitrogens is 2. The number of aliphatic imine (C=N–C) groups is 1. The second-order valence-corrected chi connectivity index (χ2v) is 8.51. The van der Waals surface area contributed by atoms with Gasteiger partial charge in [-0.1, -0.05) is 32.9 Å². The quantitative estimate of drug-likeness (QED) is 0.220. The first-order valence-electron chi connectivity index (χ1n) is 9.20. The van der Waals surface area contributed by atoms with Gasteiger partial charge in [0.25, 0.3) is 0 Å². The third-order valence-electron chi connectivity index (χ3n) is 4.12. The van der Waals surface area contributed by atoms with Crippen LogP contribution in [0.25, 0.3) is 10.2 Å². The zero-order valence-corrected chi connectivity index (χ0v) is 19.9. The van der Waals surface area contributed by atoms with Crippen LogP contribution in [0.2, 0.25) is 0 Å². The summed E-state index contributed by atoms with van der Waals surface area (Å²) in [7, 11) is 1.76. The fourth-order valence-corrected chi connectivity index (χ4v) is 3.60. The van der Waals surface area contributed by atoms with Gasteiger partial charge in [-0.25, -0.2) is 9.97 Å². The van der Waals surface area contributed by atoms with Crippen molar-refractivity contribution in [1.82, 2.24) is 20.6 Å². The molecule has 0 aliphatic rings. The number of halogens is 1. The van der Waals surface area contributed by atoms with E-state index in [1.165, 1.54) is 9.71 Å². The number of aryl methyl sites for hydroxylation is 1. The van der Waals surface area contributed by atoms with Crippen molar-refractivity contribution in [2.75, 3.05) is 13.6 Å². The molecule has 0 fully saturated rings. The van der Waals surface area contributed by atoms with Gasteiger partial charge in [0.1, 0.15) is 5.76 Å². The number of oxazole rings is 1. The minimum absolute atomic E-state index is 0. The van der Waals surface area contributed by atoms with Gasteiger partial charge in [0.15, 0.2) is 5.96 Å². The Morgan fingerprint density at radius 2 is 2.00 bits per heavy atom. The van der Waals surface area contributed by atoms with Crippen LogP contribution in [0.4, 0.5) is 0 Å². The molecule has 3 rings (SSSR count). The molecule has 3 aromatic rings. The van der Waals surface area contributed by atoms with Crippen LogP contribution in [-0.2, 0) is 18.4 Å². The first kappa shape index (κ1) is 22.6. The Hall–Kier alpha value is -1.68. The van der Waals surface area contributed by atoms with Crippen LogP contribution >= 0.6 is 35.3 Å². The van der Waals surface area contributed by atoms with Crippen LogP contribution in [0.5, 0.6) is 0 Å². The number of guanidine groups is 1. The number of thiazole rings is 1. The molecule has 0 aliphatic heterocycles. The number of hydrogen-bond donors (Lipinski definition) is 2. The molecule has 6 nitrogen and oxygen atoms in total. The maximum absolute atomic E-state index is 5.79. The second-order valence-electron chi connectivity index (χ2n) is 7.40. The second kappa shape index (κ2) is 10.2. The Bertz CT molecular complexity index is 880. The highest BCUT2D eigenvalue weighted by Crippen LogP contribution is 2.23. The number of nitrogens with one attached hydrogen (secondary N) is 2. The lowest BCUT2D eigenvalue weighted by Gasteiger charge is -2.13. The van der Waals surface area contributed by atoms with E-state index in [-0.39, 0.29) is 29.4 Å². The van der Waals surface area contributed by atoms with Gasteiger partial charge >= 0.3 is 0 Å². The van der Waals surface area contributed by atoms with Gasteiger partial charge in [-0.05, 0) is 18.6 Å². The fraction of sp³-hybridized carbons (Fsp3) is 0.450. The van der Waals surface area contributed by atoms with Gasteiger partial charge in [0.2, 0.25) is 5.89 Å². The van der Waals surface area contributed by atoms with Crippen LogP contribution in [0.1, 0.15) is 43.9 Å². The van der Waals surface area contributed by atoms with Gasteiger partial charge in [0.05, 0.1) is 28.0 Å². The van der Waals surface area contributed by atoms with E-state index < -0.39 is 0 Å². The summed E-state index contributed by atoms with van der Waals surface area (Å²) in [4.78, 5) is 13.2. The summed E-state index contributed by atoms with van der Waals surface area (Å²) < 4.78 is 7.04. The molecule has 0 atom stereocenters. The monoisotopic (exact) mass is 513 g/mol. The summed E-state index contributed by atoms with van der Waals surface area (Å²) in [5.74, 6) is 2.30. The van der Waals surface area contributed by atoms with Crippen LogP contribution < -0.4 is 10.6 Å². The molecule has 0 radical (unpaired) electrons. The standard InChI is InChI=1S/C20H27N5OS.HI/c1-20(2,3)16-12-23-17(26-16)13-24-19(21-4)22-11-7-10-18-25-14-8-5-6-9-15(14)27-18;/h5-6,8-9,12H,7,10-11,13H2,1-4H3,(H2,21,22,24);1H. The van der Waals surface area contributed by atoms with Crippen LogP contribution in [-0.4, -0.2) is 29.5 Å². The summed E-state index contributed by atoms with van der Waals surface area (Å²) in [5, 5.41) is 7.74. The molecule has 0 saturated heterocycles. The highest BCUT2D eigenvalue weighted by Gasteiger charge is 2.19. The lowest BCUT2D eigenvalue weighted by molar-refractivity contribution is 0.379. The molecular formula is C20H28IN5OS. The third-order valence-corrected chi connectivity index (χ3v) is 5.22. The maximum Gasteiger partial charge on any atom is 0.213 e. The highest BCUT2D eigenvalue weighted by atomic mass is 127. The molecule has 0 aliphatic carbocycles. The summed E-state index contributed by atoms with van der Waals surface area (Å²) >= 11 is 1.77. The molecule has 8 heteroatoms. The van der Waals surface area contributed by atoms with Crippen molar-refractivity contribution in [3.8, 4) is 0 Å². The Balaban J connectivity index is 0.00000280. The lowest BCUT2D eigenvalue weighted by atomic mass is 9.94. The molecule has 0 saturated carbocycles. The first-order chi connectivity index (χ1) is 13.0. The molecule has 2 heterocycles. The maximum atomic E-state index is 5.79. The van der Waals surface area contributed by atoms with E-state index in [1.807, 2.05) is 6.07 Å². The average Bonchev–Trinajstić information content (AvgIpc) is 3.27. The van der Waals surface area contributed by atoms with Crippen molar-refractivity contribution in [3.63, 3.8) is 0 Å². The Labute approximate surface area is 187 Å². The summed E-state index contributed by atoms with van der Waals surface area (Å²) in [6, 6.07) is 8.27. The lowest BCUT2D eigenvalue weighted by Crippen LogP contribution is -2.37. The molecule has 2 aromatic heterocycles. The summed E-state index contributed by atoms with van der Waals surface area (Å²) in [6.45, 7) is 7.66. The van der Waals surface area contributed by atoms with E-state index in [0.29, 0.717) is 12.4 Å². The van der Waals surface area contributed by atoms with Crippen molar-refractivity contribution in [2.24, 2.45) is 4.99 Å². The molecule has 1 aromatic carbocycles. The van der Waals surface area contributed by atoms with Crippen LogP contribution in [0, 0.1) is 0 Å². The summed E-state index contributed by atoms with van der Waals surface area (Å²) in [6.07, 6.45) is 3.75. The van der Waals surface area contributed by atoms with E-state index in [9.17, 15) is 0 Å². The number of nitrogens with zero attached hydrogens (tertiary/aromatic N) is 3. The number of benzene rings is 1. The van der Waals surface area contributed by atoms with Gasteiger partial charge in [0, 0.05) is 25.4 Å². The average molecular weight is 513 g/mol. The van der Waals surface area contributed by atoms with Crippen molar-refractivity contribution >= 4 is 51.5 Å². The van der Waals surface area contributed by atoms with Crippen molar-refractivity contribution < 1.29 is 4.42 Å². The van der Waals surface area contributed by atoms with Gasteiger partial charge in [-0.3, -0.25) is 4.99 Å². The predicted octanol–water partition coefficient (Wildman–Crippen LogP) is 4.50. The van der Waals surface area contributed by atoms with Gasteiger partial charge in [-0.2, -0.15) is 0 Å². The summed E-state index contributed by atoms with van der Waals surface area (Å²) in [5.41, 5.74) is 1.05. The number of hydrogen-bond acceptors (Lipinski definition) is 5. The van der Waals surface area contributed by atoms with E-state index >= 15 is 0 Å². The van der Waals surface area contributed by atoms with Crippen molar-refractivity contribution in [3.05, 3.63) is 47.1 Å². The minimum atomic E-state index is -0.0359. The van der Waals surface area contributed by atoms with E-state index in [1.54, 1.807) is 24.6 Å². The topological polar surface area (TPSA) is 75.3 Å². The first-order valence-corrected chi connectivity index (χ1v) is 10.0. The van der Waals surface area contributed by atoms with Crippen LogP contribution in [0.15, 0.2) is 39.9 Å². The highest BCUT2D eigenvalue weighted by molar-refractivity contribution is 14.0. The zero-order valence-electron chi connectivity index (χ0n) is 16.8. The van der Waals surface area contributed by atoms with E-state index in [4.69, 9.17) is 4.42 Å². The van der Waals surface area contributed by atoms with E-state index in [2.05, 4.69) is 64.6 Å². The largest absolute Gasteiger partial charge is 0.443 e. The molecule has 28 heavy (non-hydrogen) atoms. The van der Waals surface area contributed by atoms with Crippen molar-refractivity contribution in [2.45, 2.75) is 45.6 Å². The number of rotatable bonds is 6. The normalized spacial score (nSPS) is 12.1. The SMILES string of the molecule is CN=C(NCCCc1nc2ccccc2s1)NCc1ncc(C(C)(C)C)o1.I. The van der Waals surface area contributed by atoms with E-state index in [0.717, 1.165) is 36.6 Å². The molecular weight excluding hydrogens is 485 g/mol. The Morgan fingerprint density at radius 3 is 2.68 bits per heavy atom.